The van der Waals surface area contributed by atoms with Crippen molar-refractivity contribution in [2.75, 3.05) is 7.11 Å². The van der Waals surface area contributed by atoms with Crippen molar-refractivity contribution in [2.24, 2.45) is 0 Å². The van der Waals surface area contributed by atoms with Crippen LogP contribution in [0.15, 0.2) is 17.0 Å². The maximum atomic E-state index is 12.5. The Bertz CT molecular complexity index is 581. The van der Waals surface area contributed by atoms with Crippen LogP contribution in [0.5, 0.6) is 5.75 Å². The van der Waals surface area contributed by atoms with Gasteiger partial charge in [0.2, 0.25) is 10.0 Å². The number of benzene rings is 1. The first-order valence-corrected chi connectivity index (χ1v) is 8.68. The van der Waals surface area contributed by atoms with Crippen molar-refractivity contribution in [3.05, 3.63) is 23.3 Å². The molecule has 0 aliphatic heterocycles. The SMILES string of the molecule is CC[C@@H](C)NS(=O)(=O)c1cc2c(cc1OC)CCCC2. The minimum Gasteiger partial charge on any atom is -0.495 e. The number of hydrogen-bond acceptors (Lipinski definition) is 3. The van der Waals surface area contributed by atoms with Crippen LogP contribution in [0.3, 0.4) is 0 Å². The number of fused-ring (bicyclic) bond motifs is 1. The monoisotopic (exact) mass is 297 g/mol. The Hall–Kier alpha value is -1.07. The maximum Gasteiger partial charge on any atom is 0.244 e. The summed E-state index contributed by atoms with van der Waals surface area (Å²) in [6.07, 6.45) is 4.99. The van der Waals surface area contributed by atoms with Gasteiger partial charge in [0.1, 0.15) is 10.6 Å². The molecule has 20 heavy (non-hydrogen) atoms. The Morgan fingerprint density at radius 2 is 1.85 bits per heavy atom. The van der Waals surface area contributed by atoms with Gasteiger partial charge in [-0.05, 0) is 62.3 Å². The third-order valence-corrected chi connectivity index (χ3v) is 5.50. The molecule has 5 heteroatoms. The number of ether oxygens (including phenoxy) is 1. The predicted octanol–water partition coefficient (Wildman–Crippen LogP) is 2.65. The van der Waals surface area contributed by atoms with Gasteiger partial charge in [0.25, 0.3) is 0 Å². The highest BCUT2D eigenvalue weighted by Gasteiger charge is 2.24. The lowest BCUT2D eigenvalue weighted by atomic mass is 9.92. The Labute approximate surface area is 121 Å². The Morgan fingerprint density at radius 3 is 2.40 bits per heavy atom. The van der Waals surface area contributed by atoms with Crippen LogP contribution in [-0.2, 0) is 22.9 Å². The van der Waals surface area contributed by atoms with Crippen LogP contribution in [0.2, 0.25) is 0 Å². The van der Waals surface area contributed by atoms with Gasteiger partial charge in [-0.15, -0.1) is 0 Å². The molecule has 2 rings (SSSR count). The minimum absolute atomic E-state index is 0.0826. The molecule has 0 unspecified atom stereocenters. The predicted molar refractivity (Wildman–Crippen MR) is 79.7 cm³/mol. The summed E-state index contributed by atoms with van der Waals surface area (Å²) in [6.45, 7) is 3.82. The third kappa shape index (κ3) is 3.15. The molecule has 0 bridgehead atoms. The highest BCUT2D eigenvalue weighted by atomic mass is 32.2. The van der Waals surface area contributed by atoms with Gasteiger partial charge in [-0.2, -0.15) is 0 Å². The topological polar surface area (TPSA) is 55.4 Å². The van der Waals surface area contributed by atoms with Crippen molar-refractivity contribution < 1.29 is 13.2 Å². The van der Waals surface area contributed by atoms with E-state index in [0.29, 0.717) is 5.75 Å². The molecule has 0 spiro atoms. The van der Waals surface area contributed by atoms with Crippen molar-refractivity contribution in [2.45, 2.75) is 56.9 Å². The molecule has 112 valence electrons. The molecular weight excluding hydrogens is 274 g/mol. The molecule has 0 saturated carbocycles. The highest BCUT2D eigenvalue weighted by molar-refractivity contribution is 7.89. The summed E-state index contributed by atoms with van der Waals surface area (Å²) in [5.41, 5.74) is 2.36. The van der Waals surface area contributed by atoms with Crippen LogP contribution < -0.4 is 9.46 Å². The molecule has 0 heterocycles. The van der Waals surface area contributed by atoms with Crippen LogP contribution in [0, 0.1) is 0 Å². The van der Waals surface area contributed by atoms with E-state index in [0.717, 1.165) is 37.7 Å². The second-order valence-electron chi connectivity index (χ2n) is 5.41. The first-order chi connectivity index (χ1) is 9.47. The standard InChI is InChI=1S/C15H23NO3S/c1-4-11(2)16-20(17,18)15-10-13-8-6-5-7-12(13)9-14(15)19-3/h9-11,16H,4-8H2,1-3H3/t11-/m1/s1. The lowest BCUT2D eigenvalue weighted by Crippen LogP contribution is -2.32. The number of aryl methyl sites for hydroxylation is 2. The van der Waals surface area contributed by atoms with E-state index in [1.54, 1.807) is 6.07 Å². The zero-order valence-corrected chi connectivity index (χ0v) is 13.2. The average Bonchev–Trinajstić information content (AvgIpc) is 2.45. The van der Waals surface area contributed by atoms with Gasteiger partial charge in [0.05, 0.1) is 7.11 Å². The molecule has 0 aromatic heterocycles. The summed E-state index contributed by atoms with van der Waals surface area (Å²) in [6, 6.07) is 3.60. The normalized spacial score (nSPS) is 16.6. The highest BCUT2D eigenvalue weighted by Crippen LogP contribution is 2.32. The zero-order valence-electron chi connectivity index (χ0n) is 12.4. The van der Waals surface area contributed by atoms with Gasteiger partial charge >= 0.3 is 0 Å². The van der Waals surface area contributed by atoms with Gasteiger partial charge in [-0.1, -0.05) is 6.92 Å². The number of rotatable bonds is 5. The van der Waals surface area contributed by atoms with Gasteiger partial charge < -0.3 is 4.74 Å². The molecule has 1 aliphatic carbocycles. The second-order valence-corrected chi connectivity index (χ2v) is 7.09. The van der Waals surface area contributed by atoms with E-state index in [2.05, 4.69) is 4.72 Å². The molecule has 1 aromatic rings. The molecule has 1 atom stereocenters. The summed E-state index contributed by atoms with van der Waals surface area (Å²) in [5.74, 6) is 0.446. The fraction of sp³-hybridized carbons (Fsp3) is 0.600. The van der Waals surface area contributed by atoms with Crippen LogP contribution >= 0.6 is 0 Å². The van der Waals surface area contributed by atoms with E-state index >= 15 is 0 Å². The molecule has 1 N–H and O–H groups in total. The summed E-state index contributed by atoms with van der Waals surface area (Å²) < 4.78 is 32.9. The molecule has 1 aromatic carbocycles. The van der Waals surface area contributed by atoms with Crippen molar-refractivity contribution in [1.82, 2.24) is 4.72 Å². The van der Waals surface area contributed by atoms with E-state index in [4.69, 9.17) is 4.74 Å². The molecule has 4 nitrogen and oxygen atoms in total. The largest absolute Gasteiger partial charge is 0.495 e. The van der Waals surface area contributed by atoms with Crippen molar-refractivity contribution in [3.8, 4) is 5.75 Å². The number of sulfonamides is 1. The number of hydrogen-bond donors (Lipinski definition) is 1. The summed E-state index contributed by atoms with van der Waals surface area (Å²) in [7, 11) is -2.00. The van der Waals surface area contributed by atoms with Crippen LogP contribution in [0.4, 0.5) is 0 Å². The maximum absolute atomic E-state index is 12.5. The lowest BCUT2D eigenvalue weighted by Gasteiger charge is -2.20. The fourth-order valence-electron chi connectivity index (χ4n) is 2.52. The Balaban J connectivity index is 2.44. The molecular formula is C15H23NO3S. The summed E-state index contributed by atoms with van der Waals surface area (Å²) in [4.78, 5) is 0.265. The smallest absolute Gasteiger partial charge is 0.244 e. The van der Waals surface area contributed by atoms with E-state index in [9.17, 15) is 8.42 Å². The molecule has 0 fully saturated rings. The van der Waals surface area contributed by atoms with E-state index < -0.39 is 10.0 Å². The lowest BCUT2D eigenvalue weighted by molar-refractivity contribution is 0.400. The quantitative estimate of drug-likeness (QED) is 0.909. The molecule has 0 radical (unpaired) electrons. The van der Waals surface area contributed by atoms with Crippen molar-refractivity contribution in [3.63, 3.8) is 0 Å². The first-order valence-electron chi connectivity index (χ1n) is 7.20. The van der Waals surface area contributed by atoms with Crippen LogP contribution in [0.1, 0.15) is 44.2 Å². The van der Waals surface area contributed by atoms with E-state index in [1.807, 2.05) is 19.9 Å². The Morgan fingerprint density at radius 1 is 1.25 bits per heavy atom. The molecule has 1 aliphatic rings. The molecule has 0 saturated heterocycles. The van der Waals surface area contributed by atoms with Gasteiger partial charge in [-0.3, -0.25) is 0 Å². The third-order valence-electron chi connectivity index (χ3n) is 3.89. The zero-order chi connectivity index (χ0) is 14.8. The van der Waals surface area contributed by atoms with Gasteiger partial charge in [-0.25, -0.2) is 13.1 Å². The minimum atomic E-state index is -3.52. The van der Waals surface area contributed by atoms with Crippen molar-refractivity contribution in [1.29, 1.82) is 0 Å². The summed E-state index contributed by atoms with van der Waals surface area (Å²) >= 11 is 0. The average molecular weight is 297 g/mol. The number of methoxy groups -OCH3 is 1. The molecule has 0 amide bonds. The van der Waals surface area contributed by atoms with E-state index in [-0.39, 0.29) is 10.9 Å². The number of nitrogens with one attached hydrogen (secondary N) is 1. The van der Waals surface area contributed by atoms with Crippen LogP contribution in [-0.4, -0.2) is 21.6 Å². The second kappa shape index (κ2) is 6.14. The van der Waals surface area contributed by atoms with Gasteiger partial charge in [0, 0.05) is 6.04 Å². The van der Waals surface area contributed by atoms with E-state index in [1.165, 1.54) is 12.7 Å². The summed E-state index contributed by atoms with van der Waals surface area (Å²) in [5, 5.41) is 0. The van der Waals surface area contributed by atoms with Gasteiger partial charge in [0.15, 0.2) is 0 Å². The first kappa shape index (κ1) is 15.3. The fourth-order valence-corrected chi connectivity index (χ4v) is 4.05. The Kier molecular flexibility index (Phi) is 4.70. The van der Waals surface area contributed by atoms with Crippen molar-refractivity contribution >= 4 is 10.0 Å². The van der Waals surface area contributed by atoms with Crippen LogP contribution in [0.25, 0.3) is 0 Å².